The fraction of sp³-hybridized carbons (Fsp3) is 0.100. The number of carbonyl (C=O) groups excluding carboxylic acids is 1. The van der Waals surface area contributed by atoms with Gasteiger partial charge >= 0.3 is 5.97 Å². The van der Waals surface area contributed by atoms with Crippen LogP contribution in [-0.4, -0.2) is 22.5 Å². The van der Waals surface area contributed by atoms with Gasteiger partial charge in [0.2, 0.25) is 0 Å². The van der Waals surface area contributed by atoms with E-state index >= 15 is 0 Å². The number of hydrogen-bond acceptors (Lipinski definition) is 7. The lowest BCUT2D eigenvalue weighted by Crippen LogP contribution is -2.10. The molecule has 0 spiro atoms. The third-order valence-corrected chi connectivity index (χ3v) is 3.92. The number of nitrogens with zero attached hydrogens (tertiary/aromatic N) is 3. The van der Waals surface area contributed by atoms with E-state index in [2.05, 4.69) is 21.4 Å². The third-order valence-electron chi connectivity index (χ3n) is 3.92. The number of imidazole rings is 1. The van der Waals surface area contributed by atoms with Gasteiger partial charge in [0.05, 0.1) is 52.3 Å². The Kier molecular flexibility index (Phi) is 5.24. The standard InChI is InChI=1S/C20H16N6O2/c1-2-28-20(27)14(11-24-17-7-12(9-21)3-5-15(17)23)19-25-16-6-4-13(10-22)8-18(16)26-19/h3-8,11,24H,2,23H2,1H3,(H,25,26)/b14-11+. The summed E-state index contributed by atoms with van der Waals surface area (Å²) in [6.07, 6.45) is 1.42. The molecule has 28 heavy (non-hydrogen) atoms. The molecule has 4 N–H and O–H groups in total. The smallest absolute Gasteiger partial charge is 0.343 e. The summed E-state index contributed by atoms with van der Waals surface area (Å²) >= 11 is 0. The van der Waals surface area contributed by atoms with Gasteiger partial charge < -0.3 is 20.8 Å². The van der Waals surface area contributed by atoms with Gasteiger partial charge in [-0.3, -0.25) is 0 Å². The van der Waals surface area contributed by atoms with E-state index in [0.717, 1.165) is 0 Å². The lowest BCUT2D eigenvalue weighted by Gasteiger charge is -2.08. The average molecular weight is 372 g/mol. The van der Waals surface area contributed by atoms with Crippen LogP contribution in [0.2, 0.25) is 0 Å². The minimum Gasteiger partial charge on any atom is -0.462 e. The van der Waals surface area contributed by atoms with Crippen molar-refractivity contribution in [3.05, 3.63) is 59.5 Å². The Bertz CT molecular complexity index is 1160. The first kappa shape index (κ1) is 18.5. The lowest BCUT2D eigenvalue weighted by molar-refractivity contribution is -0.136. The van der Waals surface area contributed by atoms with Crippen molar-refractivity contribution in [3.63, 3.8) is 0 Å². The van der Waals surface area contributed by atoms with Gasteiger partial charge in [-0.2, -0.15) is 10.5 Å². The summed E-state index contributed by atoms with van der Waals surface area (Å²) in [6.45, 7) is 1.90. The quantitative estimate of drug-likeness (QED) is 0.355. The van der Waals surface area contributed by atoms with Crippen molar-refractivity contribution in [1.29, 1.82) is 10.5 Å². The first-order valence-corrected chi connectivity index (χ1v) is 8.39. The maximum Gasteiger partial charge on any atom is 0.343 e. The number of carbonyl (C=O) groups is 1. The van der Waals surface area contributed by atoms with Crippen molar-refractivity contribution in [1.82, 2.24) is 9.97 Å². The second kappa shape index (κ2) is 7.94. The van der Waals surface area contributed by atoms with E-state index in [1.807, 2.05) is 6.07 Å². The largest absolute Gasteiger partial charge is 0.462 e. The number of benzene rings is 2. The van der Waals surface area contributed by atoms with Crippen LogP contribution in [-0.2, 0) is 9.53 Å². The van der Waals surface area contributed by atoms with Crippen LogP contribution < -0.4 is 11.1 Å². The number of H-pyrrole nitrogens is 1. The van der Waals surface area contributed by atoms with Crippen molar-refractivity contribution in [2.24, 2.45) is 0 Å². The SMILES string of the molecule is CCOC(=O)/C(=C/Nc1cc(C#N)ccc1N)c1nc2ccc(C#N)cc2[nH]1. The molecule has 8 heteroatoms. The van der Waals surface area contributed by atoms with Crippen LogP contribution in [0.25, 0.3) is 16.6 Å². The van der Waals surface area contributed by atoms with E-state index in [1.165, 1.54) is 6.20 Å². The number of nitriles is 2. The molecule has 0 aliphatic rings. The number of aromatic amines is 1. The van der Waals surface area contributed by atoms with Crippen molar-refractivity contribution in [2.45, 2.75) is 6.92 Å². The van der Waals surface area contributed by atoms with Crippen LogP contribution >= 0.6 is 0 Å². The number of hydrogen-bond donors (Lipinski definition) is 3. The fourth-order valence-corrected chi connectivity index (χ4v) is 2.54. The molecule has 0 atom stereocenters. The number of nitrogens with one attached hydrogen (secondary N) is 2. The van der Waals surface area contributed by atoms with E-state index in [9.17, 15) is 4.79 Å². The summed E-state index contributed by atoms with van der Waals surface area (Å²) in [5, 5.41) is 21.0. The molecule has 0 saturated carbocycles. The van der Waals surface area contributed by atoms with Crippen LogP contribution in [0.5, 0.6) is 0 Å². The zero-order valence-corrected chi connectivity index (χ0v) is 15.0. The maximum atomic E-state index is 12.4. The van der Waals surface area contributed by atoms with Gasteiger partial charge in [0.15, 0.2) is 0 Å². The number of esters is 1. The zero-order chi connectivity index (χ0) is 20.1. The molecule has 0 fully saturated rings. The highest BCUT2D eigenvalue weighted by atomic mass is 16.5. The predicted molar refractivity (Wildman–Crippen MR) is 105 cm³/mol. The number of rotatable bonds is 5. The molecule has 3 aromatic rings. The van der Waals surface area contributed by atoms with E-state index < -0.39 is 5.97 Å². The van der Waals surface area contributed by atoms with Crippen LogP contribution in [0, 0.1) is 22.7 Å². The molecule has 0 aliphatic heterocycles. The first-order valence-electron chi connectivity index (χ1n) is 8.39. The normalized spacial score (nSPS) is 10.9. The van der Waals surface area contributed by atoms with Gasteiger partial charge in [-0.05, 0) is 43.3 Å². The third kappa shape index (κ3) is 3.76. The van der Waals surface area contributed by atoms with Gasteiger partial charge in [-0.25, -0.2) is 9.78 Å². The molecule has 0 bridgehead atoms. The second-order valence-corrected chi connectivity index (χ2v) is 5.77. The fourth-order valence-electron chi connectivity index (χ4n) is 2.54. The molecular formula is C20H16N6O2. The number of ether oxygens (including phenoxy) is 1. The molecule has 8 nitrogen and oxygen atoms in total. The summed E-state index contributed by atoms with van der Waals surface area (Å²) < 4.78 is 5.12. The monoisotopic (exact) mass is 372 g/mol. The first-order chi connectivity index (χ1) is 13.5. The zero-order valence-electron chi connectivity index (χ0n) is 15.0. The Balaban J connectivity index is 2.02. The van der Waals surface area contributed by atoms with E-state index in [0.29, 0.717) is 33.5 Å². The molecule has 1 heterocycles. The van der Waals surface area contributed by atoms with Gasteiger partial charge in [0, 0.05) is 6.20 Å². The van der Waals surface area contributed by atoms with E-state index in [1.54, 1.807) is 43.3 Å². The van der Waals surface area contributed by atoms with Crippen molar-refractivity contribution in [2.75, 3.05) is 17.7 Å². The topological polar surface area (TPSA) is 141 Å². The molecule has 2 aromatic carbocycles. The van der Waals surface area contributed by atoms with Crippen LogP contribution in [0.1, 0.15) is 23.9 Å². The maximum absolute atomic E-state index is 12.4. The van der Waals surface area contributed by atoms with Crippen molar-refractivity contribution in [3.8, 4) is 12.1 Å². The Morgan fingerprint density at radius 3 is 2.68 bits per heavy atom. The molecule has 0 unspecified atom stereocenters. The molecule has 0 saturated heterocycles. The Morgan fingerprint density at radius 1 is 1.25 bits per heavy atom. The lowest BCUT2D eigenvalue weighted by atomic mass is 10.2. The summed E-state index contributed by atoms with van der Waals surface area (Å²) in [6, 6.07) is 13.9. The summed E-state index contributed by atoms with van der Waals surface area (Å²) in [7, 11) is 0. The molecule has 1 aromatic heterocycles. The van der Waals surface area contributed by atoms with Crippen molar-refractivity contribution >= 4 is 34.0 Å². The molecule has 3 rings (SSSR count). The molecular weight excluding hydrogens is 356 g/mol. The predicted octanol–water partition coefficient (Wildman–Crippen LogP) is 2.90. The number of fused-ring (bicyclic) bond motifs is 1. The minimum absolute atomic E-state index is 0.151. The highest BCUT2D eigenvalue weighted by Crippen LogP contribution is 2.23. The average Bonchev–Trinajstić information content (AvgIpc) is 3.12. The van der Waals surface area contributed by atoms with Crippen LogP contribution in [0.4, 0.5) is 11.4 Å². The Morgan fingerprint density at radius 2 is 1.96 bits per heavy atom. The van der Waals surface area contributed by atoms with Gasteiger partial charge in [-0.15, -0.1) is 0 Å². The molecule has 0 amide bonds. The van der Waals surface area contributed by atoms with E-state index in [4.69, 9.17) is 21.0 Å². The summed E-state index contributed by atoms with van der Waals surface area (Å²) in [5.74, 6) is -0.296. The van der Waals surface area contributed by atoms with Gasteiger partial charge in [0.25, 0.3) is 0 Å². The molecule has 0 aliphatic carbocycles. The molecule has 138 valence electrons. The van der Waals surface area contributed by atoms with E-state index in [-0.39, 0.29) is 18.0 Å². The summed E-state index contributed by atoms with van der Waals surface area (Å²) in [5.41, 5.74) is 9.10. The minimum atomic E-state index is -0.579. The Labute approximate surface area is 160 Å². The number of anilines is 2. The van der Waals surface area contributed by atoms with Gasteiger partial charge in [-0.1, -0.05) is 0 Å². The number of aromatic nitrogens is 2. The number of nitrogens with two attached hydrogens (primary N) is 1. The van der Waals surface area contributed by atoms with Crippen molar-refractivity contribution < 1.29 is 9.53 Å². The number of nitrogen functional groups attached to an aromatic ring is 1. The second-order valence-electron chi connectivity index (χ2n) is 5.77. The van der Waals surface area contributed by atoms with Crippen LogP contribution in [0.3, 0.4) is 0 Å². The van der Waals surface area contributed by atoms with Gasteiger partial charge in [0.1, 0.15) is 11.4 Å². The van der Waals surface area contributed by atoms with Crippen LogP contribution in [0.15, 0.2) is 42.6 Å². The summed E-state index contributed by atoms with van der Waals surface area (Å²) in [4.78, 5) is 19.9. The molecule has 0 radical (unpaired) electrons. The highest BCUT2D eigenvalue weighted by molar-refractivity contribution is 6.16. The Hall–Kier alpha value is -4.30. The highest BCUT2D eigenvalue weighted by Gasteiger charge is 2.18.